The third-order valence-electron chi connectivity index (χ3n) is 2.53. The van der Waals surface area contributed by atoms with Gasteiger partial charge >= 0.3 is 5.97 Å². The fourth-order valence-electron chi connectivity index (χ4n) is 1.66. The molecule has 2 N–H and O–H groups in total. The number of nitrogens with one attached hydrogen (secondary N) is 1. The number of carbonyl (C=O) groups is 3. The Morgan fingerprint density at radius 3 is 2.71 bits per heavy atom. The zero-order chi connectivity index (χ0) is 13.1. The lowest BCUT2D eigenvalue weighted by Crippen LogP contribution is -2.61. The van der Waals surface area contributed by atoms with Crippen molar-refractivity contribution >= 4 is 29.5 Å². The largest absolute Gasteiger partial charge is 0.480 e. The van der Waals surface area contributed by atoms with E-state index in [1.54, 1.807) is 0 Å². The van der Waals surface area contributed by atoms with Crippen molar-refractivity contribution in [3.8, 4) is 0 Å². The molecule has 1 aliphatic heterocycles. The van der Waals surface area contributed by atoms with Crippen LogP contribution in [0.4, 0.5) is 0 Å². The highest BCUT2D eigenvalue weighted by atomic mass is 32.2. The molecule has 0 aromatic rings. The number of amides is 2. The van der Waals surface area contributed by atoms with E-state index in [0.29, 0.717) is 18.7 Å². The minimum absolute atomic E-state index is 0.0946. The standard InChI is InChI=1S/C10H16N2O4S/c1-7(13)11-3-4-17-10(2)5-8(14)12(10)6-9(15)16/h3-6H2,1-2H3,(H,11,13)(H,15,16). The quantitative estimate of drug-likeness (QED) is 0.514. The van der Waals surface area contributed by atoms with Crippen LogP contribution in [0.25, 0.3) is 0 Å². The number of thioether (sulfide) groups is 1. The molecule has 0 spiro atoms. The van der Waals surface area contributed by atoms with Crippen LogP contribution in [0.2, 0.25) is 0 Å². The predicted molar refractivity (Wildman–Crippen MR) is 63.5 cm³/mol. The van der Waals surface area contributed by atoms with E-state index in [1.807, 2.05) is 6.92 Å². The van der Waals surface area contributed by atoms with Crippen molar-refractivity contribution in [2.24, 2.45) is 0 Å². The van der Waals surface area contributed by atoms with Gasteiger partial charge in [0.05, 0.1) is 11.3 Å². The van der Waals surface area contributed by atoms with Crippen LogP contribution in [0.5, 0.6) is 0 Å². The van der Waals surface area contributed by atoms with Crippen LogP contribution in [0.3, 0.4) is 0 Å². The third-order valence-corrected chi connectivity index (χ3v) is 3.93. The van der Waals surface area contributed by atoms with Gasteiger partial charge in [-0.1, -0.05) is 0 Å². The number of hydrogen-bond donors (Lipinski definition) is 2. The zero-order valence-electron chi connectivity index (χ0n) is 9.86. The second-order valence-corrected chi connectivity index (χ2v) is 5.63. The first kappa shape index (κ1) is 13.8. The van der Waals surface area contributed by atoms with Crippen LogP contribution in [0.15, 0.2) is 0 Å². The molecule has 0 aromatic heterocycles. The summed E-state index contributed by atoms with van der Waals surface area (Å²) in [5.41, 5.74) is 0. The van der Waals surface area contributed by atoms with Crippen molar-refractivity contribution in [2.75, 3.05) is 18.8 Å². The first-order valence-electron chi connectivity index (χ1n) is 5.26. The zero-order valence-corrected chi connectivity index (χ0v) is 10.7. The summed E-state index contributed by atoms with van der Waals surface area (Å²) in [6, 6.07) is 0. The molecule has 96 valence electrons. The fraction of sp³-hybridized carbons (Fsp3) is 0.700. The lowest BCUT2D eigenvalue weighted by molar-refractivity contribution is -0.156. The van der Waals surface area contributed by atoms with Crippen LogP contribution in [-0.2, 0) is 14.4 Å². The summed E-state index contributed by atoms with van der Waals surface area (Å²) in [6.07, 6.45) is 0.352. The molecule has 1 saturated heterocycles. The van der Waals surface area contributed by atoms with E-state index in [0.717, 1.165) is 0 Å². The molecule has 6 nitrogen and oxygen atoms in total. The summed E-state index contributed by atoms with van der Waals surface area (Å²) in [5, 5.41) is 11.3. The van der Waals surface area contributed by atoms with Crippen LogP contribution in [0.1, 0.15) is 20.3 Å². The number of carboxylic acids is 1. The molecule has 1 atom stereocenters. The number of hydrogen-bond acceptors (Lipinski definition) is 4. The number of β-lactam (4-membered cyclic amide) rings is 1. The van der Waals surface area contributed by atoms with Gasteiger partial charge in [-0.05, 0) is 6.92 Å². The van der Waals surface area contributed by atoms with Crippen molar-refractivity contribution in [3.05, 3.63) is 0 Å². The maximum absolute atomic E-state index is 11.3. The lowest BCUT2D eigenvalue weighted by Gasteiger charge is -2.48. The fourth-order valence-corrected chi connectivity index (χ4v) is 2.85. The van der Waals surface area contributed by atoms with E-state index < -0.39 is 10.8 Å². The van der Waals surface area contributed by atoms with Crippen LogP contribution >= 0.6 is 11.8 Å². The van der Waals surface area contributed by atoms with Crippen LogP contribution < -0.4 is 5.32 Å². The molecule has 1 unspecified atom stereocenters. The molecular formula is C10H16N2O4S. The molecular weight excluding hydrogens is 244 g/mol. The van der Waals surface area contributed by atoms with Gasteiger partial charge in [-0.3, -0.25) is 14.4 Å². The average molecular weight is 260 g/mol. The summed E-state index contributed by atoms with van der Waals surface area (Å²) in [7, 11) is 0. The van der Waals surface area contributed by atoms with E-state index in [-0.39, 0.29) is 18.4 Å². The number of rotatable bonds is 6. The first-order chi connectivity index (χ1) is 7.85. The Morgan fingerprint density at radius 1 is 1.59 bits per heavy atom. The minimum Gasteiger partial charge on any atom is -0.480 e. The highest BCUT2D eigenvalue weighted by Gasteiger charge is 2.48. The molecule has 7 heteroatoms. The van der Waals surface area contributed by atoms with E-state index in [9.17, 15) is 14.4 Å². The van der Waals surface area contributed by atoms with Crippen LogP contribution in [0, 0.1) is 0 Å². The lowest BCUT2D eigenvalue weighted by atomic mass is 10.0. The second-order valence-electron chi connectivity index (χ2n) is 4.06. The molecule has 2 amide bonds. The van der Waals surface area contributed by atoms with Crippen molar-refractivity contribution in [1.82, 2.24) is 10.2 Å². The summed E-state index contributed by atoms with van der Waals surface area (Å²) < 4.78 is 0. The average Bonchev–Trinajstić information content (AvgIpc) is 2.21. The Bertz CT molecular complexity index is 347. The van der Waals surface area contributed by atoms with Gasteiger partial charge in [0, 0.05) is 19.2 Å². The van der Waals surface area contributed by atoms with Gasteiger partial charge in [-0.25, -0.2) is 0 Å². The number of carboxylic acid groups (broad SMARTS) is 1. The van der Waals surface area contributed by atoms with Gasteiger partial charge < -0.3 is 15.3 Å². The van der Waals surface area contributed by atoms with Crippen molar-refractivity contribution < 1.29 is 19.5 Å². The van der Waals surface area contributed by atoms with Crippen molar-refractivity contribution in [1.29, 1.82) is 0 Å². The second kappa shape index (κ2) is 5.39. The molecule has 0 bridgehead atoms. The predicted octanol–water partition coefficient (Wildman–Crippen LogP) is -0.111. The van der Waals surface area contributed by atoms with Gasteiger partial charge in [0.2, 0.25) is 11.8 Å². The topological polar surface area (TPSA) is 86.7 Å². The Morgan fingerprint density at radius 2 is 2.24 bits per heavy atom. The highest BCUT2D eigenvalue weighted by Crippen LogP contribution is 2.40. The molecule has 0 aromatic carbocycles. The number of likely N-dealkylation sites (tertiary alicyclic amines) is 1. The Labute approximate surface area is 104 Å². The van der Waals surface area contributed by atoms with Gasteiger partial charge in [0.1, 0.15) is 6.54 Å². The van der Waals surface area contributed by atoms with E-state index in [4.69, 9.17) is 5.11 Å². The molecule has 17 heavy (non-hydrogen) atoms. The van der Waals surface area contributed by atoms with E-state index >= 15 is 0 Å². The molecule has 1 heterocycles. The molecule has 1 fully saturated rings. The number of carbonyl (C=O) groups excluding carboxylic acids is 2. The smallest absolute Gasteiger partial charge is 0.323 e. The highest BCUT2D eigenvalue weighted by molar-refractivity contribution is 8.00. The Hall–Kier alpha value is -1.24. The SMILES string of the molecule is CC(=O)NCCSC1(C)CC(=O)N1CC(=O)O. The number of aliphatic carboxylic acids is 1. The van der Waals surface area contributed by atoms with Gasteiger partial charge in [0.25, 0.3) is 0 Å². The molecule has 1 rings (SSSR count). The van der Waals surface area contributed by atoms with Gasteiger partial charge in [-0.15, -0.1) is 11.8 Å². The Kier molecular flexibility index (Phi) is 4.39. The maximum Gasteiger partial charge on any atom is 0.323 e. The molecule has 0 radical (unpaired) electrons. The van der Waals surface area contributed by atoms with Crippen LogP contribution in [-0.4, -0.2) is 51.5 Å². The molecule has 1 aliphatic rings. The normalized spacial score (nSPS) is 23.2. The van der Waals surface area contributed by atoms with Crippen molar-refractivity contribution in [3.63, 3.8) is 0 Å². The minimum atomic E-state index is -1.01. The summed E-state index contributed by atoms with van der Waals surface area (Å²) >= 11 is 1.49. The van der Waals surface area contributed by atoms with E-state index in [1.165, 1.54) is 23.6 Å². The monoisotopic (exact) mass is 260 g/mol. The summed E-state index contributed by atoms with van der Waals surface area (Å²) in [4.78, 5) is 33.5. The summed E-state index contributed by atoms with van der Waals surface area (Å²) in [6.45, 7) is 3.54. The summed E-state index contributed by atoms with van der Waals surface area (Å²) in [5.74, 6) is -0.587. The van der Waals surface area contributed by atoms with Gasteiger partial charge in [0.15, 0.2) is 0 Å². The van der Waals surface area contributed by atoms with E-state index in [2.05, 4.69) is 5.32 Å². The molecule has 0 saturated carbocycles. The first-order valence-corrected chi connectivity index (χ1v) is 6.24. The van der Waals surface area contributed by atoms with Gasteiger partial charge in [-0.2, -0.15) is 0 Å². The molecule has 0 aliphatic carbocycles. The van der Waals surface area contributed by atoms with Crippen molar-refractivity contribution in [2.45, 2.75) is 25.1 Å². The Balaban J connectivity index is 2.38. The number of nitrogens with zero attached hydrogens (tertiary/aromatic N) is 1. The third kappa shape index (κ3) is 3.62. The maximum atomic E-state index is 11.3.